The Hall–Kier alpha value is -1.10. The fraction of sp³-hybridized carbons (Fsp3) is 0.833. The molecule has 1 aliphatic carbocycles. The Morgan fingerprint density at radius 3 is 2.59 bits per heavy atom. The van der Waals surface area contributed by atoms with Crippen LogP contribution in [-0.2, 0) is 19.1 Å². The molecule has 1 saturated carbocycles. The molecule has 0 saturated heterocycles. The molecule has 0 heterocycles. The largest absolute Gasteiger partial charge is 0.469 e. The molecule has 98 valence electrons. The van der Waals surface area contributed by atoms with Crippen LogP contribution in [0, 0.1) is 11.8 Å². The van der Waals surface area contributed by atoms with E-state index in [1.54, 1.807) is 0 Å². The van der Waals surface area contributed by atoms with Gasteiger partial charge in [0.25, 0.3) is 0 Å². The first kappa shape index (κ1) is 14.0. The molecule has 1 rings (SSSR count). The Labute approximate surface area is 102 Å². The maximum atomic E-state index is 11.4. The van der Waals surface area contributed by atoms with Crippen LogP contribution in [0.25, 0.3) is 0 Å². The molecular weight excluding hydrogens is 222 g/mol. The number of carbonyl (C=O) groups excluding carboxylic acids is 2. The zero-order chi connectivity index (χ0) is 12.8. The van der Waals surface area contributed by atoms with Gasteiger partial charge in [-0.25, -0.2) is 0 Å². The third kappa shape index (κ3) is 4.00. The molecule has 5 heteroatoms. The first-order valence-electron chi connectivity index (χ1n) is 5.99. The summed E-state index contributed by atoms with van der Waals surface area (Å²) in [5, 5.41) is 0. The van der Waals surface area contributed by atoms with E-state index in [0.717, 1.165) is 25.7 Å². The Balaban J connectivity index is 2.44. The van der Waals surface area contributed by atoms with E-state index in [-0.39, 0.29) is 17.9 Å². The van der Waals surface area contributed by atoms with Gasteiger partial charge in [-0.3, -0.25) is 9.59 Å². The third-order valence-electron chi connectivity index (χ3n) is 3.41. The summed E-state index contributed by atoms with van der Waals surface area (Å²) in [4.78, 5) is 22.7. The van der Waals surface area contributed by atoms with Crippen LogP contribution in [0.1, 0.15) is 32.1 Å². The highest BCUT2D eigenvalue weighted by molar-refractivity contribution is 5.75. The molecule has 0 amide bonds. The summed E-state index contributed by atoms with van der Waals surface area (Å²) in [6.07, 6.45) is 4.21. The zero-order valence-corrected chi connectivity index (χ0v) is 10.5. The Morgan fingerprint density at radius 1 is 1.29 bits per heavy atom. The topological polar surface area (TPSA) is 78.6 Å². The minimum Gasteiger partial charge on any atom is -0.469 e. The SMILES string of the molecule is COC(=O)C(N)CC1CCCC(C(=O)OC)C1. The van der Waals surface area contributed by atoms with Gasteiger partial charge in [0.2, 0.25) is 0 Å². The molecular formula is C12H21NO4. The number of nitrogens with two attached hydrogens (primary N) is 1. The third-order valence-corrected chi connectivity index (χ3v) is 3.41. The van der Waals surface area contributed by atoms with Crippen molar-refractivity contribution in [3.63, 3.8) is 0 Å². The van der Waals surface area contributed by atoms with E-state index in [1.807, 2.05) is 0 Å². The van der Waals surface area contributed by atoms with Crippen molar-refractivity contribution in [3.05, 3.63) is 0 Å². The standard InChI is InChI=1S/C12H21NO4/c1-16-11(14)9-5-3-4-8(6-9)7-10(13)12(15)17-2/h8-10H,3-7,13H2,1-2H3. The lowest BCUT2D eigenvalue weighted by Crippen LogP contribution is -2.35. The number of methoxy groups -OCH3 is 2. The number of esters is 2. The van der Waals surface area contributed by atoms with Crippen molar-refractivity contribution in [3.8, 4) is 0 Å². The lowest BCUT2D eigenvalue weighted by atomic mass is 9.78. The van der Waals surface area contributed by atoms with Crippen molar-refractivity contribution in [2.75, 3.05) is 14.2 Å². The molecule has 0 spiro atoms. The average molecular weight is 243 g/mol. The van der Waals surface area contributed by atoms with Crippen molar-refractivity contribution < 1.29 is 19.1 Å². The summed E-state index contributed by atoms with van der Waals surface area (Å²) in [5.74, 6) is -0.267. The normalized spacial score (nSPS) is 26.1. The van der Waals surface area contributed by atoms with Gasteiger partial charge in [0.05, 0.1) is 20.1 Å². The zero-order valence-electron chi connectivity index (χ0n) is 10.5. The van der Waals surface area contributed by atoms with Gasteiger partial charge < -0.3 is 15.2 Å². The van der Waals surface area contributed by atoms with Crippen LogP contribution in [-0.4, -0.2) is 32.2 Å². The van der Waals surface area contributed by atoms with E-state index in [4.69, 9.17) is 10.5 Å². The maximum absolute atomic E-state index is 11.4. The maximum Gasteiger partial charge on any atom is 0.322 e. The van der Waals surface area contributed by atoms with Gasteiger partial charge in [0.15, 0.2) is 0 Å². The van der Waals surface area contributed by atoms with Gasteiger partial charge in [0, 0.05) is 0 Å². The highest BCUT2D eigenvalue weighted by atomic mass is 16.5. The number of hydrogen-bond donors (Lipinski definition) is 1. The molecule has 0 aromatic carbocycles. The van der Waals surface area contributed by atoms with E-state index in [9.17, 15) is 9.59 Å². The van der Waals surface area contributed by atoms with E-state index in [2.05, 4.69) is 4.74 Å². The first-order valence-corrected chi connectivity index (χ1v) is 5.99. The second kappa shape index (κ2) is 6.59. The van der Waals surface area contributed by atoms with Gasteiger partial charge in [0.1, 0.15) is 6.04 Å². The van der Waals surface area contributed by atoms with Crippen LogP contribution in [0.3, 0.4) is 0 Å². The minimum atomic E-state index is -0.582. The van der Waals surface area contributed by atoms with Crippen molar-refractivity contribution in [1.82, 2.24) is 0 Å². The smallest absolute Gasteiger partial charge is 0.322 e. The Morgan fingerprint density at radius 2 is 2.00 bits per heavy atom. The molecule has 5 nitrogen and oxygen atoms in total. The van der Waals surface area contributed by atoms with Crippen LogP contribution >= 0.6 is 0 Å². The second-order valence-electron chi connectivity index (χ2n) is 4.62. The van der Waals surface area contributed by atoms with E-state index < -0.39 is 6.04 Å². The molecule has 3 unspecified atom stereocenters. The highest BCUT2D eigenvalue weighted by Crippen LogP contribution is 2.32. The van der Waals surface area contributed by atoms with Crippen molar-refractivity contribution >= 4 is 11.9 Å². The Kier molecular flexibility index (Phi) is 5.41. The van der Waals surface area contributed by atoms with Crippen LogP contribution < -0.4 is 5.73 Å². The van der Waals surface area contributed by atoms with Crippen LogP contribution in [0.15, 0.2) is 0 Å². The fourth-order valence-electron chi connectivity index (χ4n) is 2.49. The van der Waals surface area contributed by atoms with E-state index in [1.165, 1.54) is 14.2 Å². The van der Waals surface area contributed by atoms with Crippen LogP contribution in [0.2, 0.25) is 0 Å². The van der Waals surface area contributed by atoms with Crippen LogP contribution in [0.5, 0.6) is 0 Å². The summed E-state index contributed by atoms with van der Waals surface area (Å²) in [6, 6.07) is -0.582. The molecule has 0 bridgehead atoms. The predicted octanol–water partition coefficient (Wildman–Crippen LogP) is 0.856. The Bertz CT molecular complexity index is 278. The highest BCUT2D eigenvalue weighted by Gasteiger charge is 2.30. The predicted molar refractivity (Wildman–Crippen MR) is 62.1 cm³/mol. The summed E-state index contributed by atoms with van der Waals surface area (Å²) in [5.41, 5.74) is 5.72. The first-order chi connectivity index (χ1) is 8.08. The average Bonchev–Trinajstić information content (AvgIpc) is 2.37. The van der Waals surface area contributed by atoms with Crippen molar-refractivity contribution in [1.29, 1.82) is 0 Å². The molecule has 0 aromatic heterocycles. The van der Waals surface area contributed by atoms with Gasteiger partial charge in [-0.2, -0.15) is 0 Å². The summed E-state index contributed by atoms with van der Waals surface area (Å²) >= 11 is 0. The molecule has 2 N–H and O–H groups in total. The van der Waals surface area contributed by atoms with Gasteiger partial charge in [-0.1, -0.05) is 12.8 Å². The number of hydrogen-bond acceptors (Lipinski definition) is 5. The lowest BCUT2D eigenvalue weighted by molar-refractivity contribution is -0.147. The summed E-state index contributed by atoms with van der Waals surface area (Å²) in [7, 11) is 2.74. The van der Waals surface area contributed by atoms with E-state index >= 15 is 0 Å². The summed E-state index contributed by atoms with van der Waals surface area (Å²) in [6.45, 7) is 0. The van der Waals surface area contributed by atoms with Gasteiger partial charge in [-0.15, -0.1) is 0 Å². The second-order valence-corrected chi connectivity index (χ2v) is 4.62. The van der Waals surface area contributed by atoms with Crippen LogP contribution in [0.4, 0.5) is 0 Å². The number of ether oxygens (including phenoxy) is 2. The van der Waals surface area contributed by atoms with Crippen molar-refractivity contribution in [2.45, 2.75) is 38.1 Å². The molecule has 0 aromatic rings. The van der Waals surface area contributed by atoms with Gasteiger partial charge in [-0.05, 0) is 25.2 Å². The summed E-state index contributed by atoms with van der Waals surface area (Å²) < 4.78 is 9.34. The molecule has 1 fully saturated rings. The minimum absolute atomic E-state index is 0.0383. The van der Waals surface area contributed by atoms with Crippen molar-refractivity contribution in [2.24, 2.45) is 17.6 Å². The fourth-order valence-corrected chi connectivity index (χ4v) is 2.49. The molecule has 3 atom stereocenters. The van der Waals surface area contributed by atoms with E-state index in [0.29, 0.717) is 12.3 Å². The molecule has 1 aliphatic rings. The number of carbonyl (C=O) groups is 2. The molecule has 0 radical (unpaired) electrons. The monoisotopic (exact) mass is 243 g/mol. The van der Waals surface area contributed by atoms with Gasteiger partial charge >= 0.3 is 11.9 Å². The molecule has 17 heavy (non-hydrogen) atoms. The quantitative estimate of drug-likeness (QED) is 0.741. The number of rotatable bonds is 4. The molecule has 0 aliphatic heterocycles. The lowest BCUT2D eigenvalue weighted by Gasteiger charge is -2.28.